The molecule has 0 aliphatic carbocycles. The molecule has 0 aliphatic heterocycles. The average Bonchev–Trinajstić information content (AvgIpc) is 2.73. The second kappa shape index (κ2) is 13.3. The van der Waals surface area contributed by atoms with Gasteiger partial charge in [-0.3, -0.25) is 24.0 Å². The van der Waals surface area contributed by atoms with Gasteiger partial charge in [0.15, 0.2) is 0 Å². The fourth-order valence-electron chi connectivity index (χ4n) is 2.39. The monoisotopic (exact) mass is 470 g/mol. The van der Waals surface area contributed by atoms with E-state index in [9.17, 15) is 24.0 Å². The van der Waals surface area contributed by atoms with Crippen LogP contribution in [0, 0.1) is 0 Å². The largest absolute Gasteiger partial charge is 0.480 e. The lowest BCUT2D eigenvalue weighted by molar-refractivity contribution is -0.139. The summed E-state index contributed by atoms with van der Waals surface area (Å²) in [5.41, 5.74) is 11.6. The van der Waals surface area contributed by atoms with Gasteiger partial charge < -0.3 is 37.4 Å². The third kappa shape index (κ3) is 10.2. The Balaban J connectivity index is 2.73. The third-order valence-corrected chi connectivity index (χ3v) is 5.28. The molecule has 0 saturated carbocycles. The predicted octanol–water partition coefficient (Wildman–Crippen LogP) is -1.39. The number of hydrogen-bond acceptors (Lipinski definition) is 8. The van der Waals surface area contributed by atoms with Crippen LogP contribution in [0.4, 0.5) is 0 Å². The molecule has 13 heteroatoms. The van der Waals surface area contributed by atoms with E-state index in [1.807, 2.05) is 0 Å². The van der Waals surface area contributed by atoms with Gasteiger partial charge in [-0.05, 0) is 30.5 Å². The van der Waals surface area contributed by atoms with Crippen molar-refractivity contribution in [3.05, 3.63) is 29.8 Å². The van der Waals surface area contributed by atoms with E-state index in [1.54, 1.807) is 24.3 Å². The van der Waals surface area contributed by atoms with E-state index in [-0.39, 0.29) is 25.0 Å². The molecule has 1 aromatic carbocycles. The highest BCUT2D eigenvalue weighted by Crippen LogP contribution is 2.20. The number of aliphatic carboxylic acids is 3. The molecule has 0 heterocycles. The smallest absolute Gasteiger partial charge is 0.322 e. The molecule has 9 N–H and O–H groups in total. The number of nitrogens with two attached hydrogens (primary N) is 2. The van der Waals surface area contributed by atoms with Crippen LogP contribution in [-0.2, 0) is 30.4 Å². The molecule has 3 atom stereocenters. The first-order valence-electron chi connectivity index (χ1n) is 9.47. The minimum atomic E-state index is -1.25. The van der Waals surface area contributed by atoms with Crippen LogP contribution in [0.25, 0.3) is 0 Å². The molecule has 0 bridgehead atoms. The summed E-state index contributed by atoms with van der Waals surface area (Å²) in [6.45, 7) is -0.627. The molecule has 0 aliphatic rings. The van der Waals surface area contributed by atoms with Crippen molar-refractivity contribution in [2.45, 2.75) is 42.3 Å². The number of carbonyl (C=O) groups is 5. The zero-order valence-corrected chi connectivity index (χ0v) is 17.8. The van der Waals surface area contributed by atoms with Crippen LogP contribution >= 0.6 is 11.8 Å². The van der Waals surface area contributed by atoms with Crippen LogP contribution in [0.2, 0.25) is 0 Å². The Hall–Kier alpha value is -3.16. The van der Waals surface area contributed by atoms with E-state index >= 15 is 0 Å². The summed E-state index contributed by atoms with van der Waals surface area (Å²) in [5.74, 6) is -4.86. The van der Waals surface area contributed by atoms with E-state index in [0.717, 1.165) is 4.90 Å². The second-order valence-electron chi connectivity index (χ2n) is 6.82. The number of nitrogens with one attached hydrogen (secondary N) is 2. The normalized spacial score (nSPS) is 13.4. The van der Waals surface area contributed by atoms with Crippen LogP contribution < -0.4 is 22.1 Å². The quantitative estimate of drug-likeness (QED) is 0.157. The van der Waals surface area contributed by atoms with E-state index in [4.69, 9.17) is 26.8 Å². The van der Waals surface area contributed by atoms with Crippen molar-refractivity contribution in [2.75, 3.05) is 12.3 Å². The first-order valence-corrected chi connectivity index (χ1v) is 10.5. The summed E-state index contributed by atoms with van der Waals surface area (Å²) < 4.78 is 0. The summed E-state index contributed by atoms with van der Waals surface area (Å²) >= 11 is 1.21. The predicted molar refractivity (Wildman–Crippen MR) is 114 cm³/mol. The van der Waals surface area contributed by atoms with Crippen LogP contribution in [0.3, 0.4) is 0 Å². The number of rotatable bonds is 14. The molecule has 1 rings (SSSR count). The van der Waals surface area contributed by atoms with Crippen LogP contribution in [0.15, 0.2) is 29.2 Å². The molecule has 1 aromatic rings. The molecule has 0 unspecified atom stereocenters. The molecule has 2 amide bonds. The third-order valence-electron chi connectivity index (χ3n) is 4.18. The fourth-order valence-corrected chi connectivity index (χ4v) is 3.31. The lowest BCUT2D eigenvalue weighted by Crippen LogP contribution is -2.49. The Morgan fingerprint density at radius 1 is 0.938 bits per heavy atom. The summed E-state index contributed by atoms with van der Waals surface area (Å²) in [6.07, 6.45) is -0.202. The van der Waals surface area contributed by atoms with Gasteiger partial charge in [0.2, 0.25) is 11.8 Å². The molecule has 12 nitrogen and oxygen atoms in total. The molecule has 0 fully saturated rings. The maximum Gasteiger partial charge on any atom is 0.322 e. The zero-order chi connectivity index (χ0) is 24.3. The van der Waals surface area contributed by atoms with Crippen molar-refractivity contribution in [3.8, 4) is 0 Å². The Labute approximate surface area is 187 Å². The van der Waals surface area contributed by atoms with Crippen molar-refractivity contribution >= 4 is 41.5 Å². The Bertz CT molecular complexity index is 833. The van der Waals surface area contributed by atoms with Crippen molar-refractivity contribution in [2.24, 2.45) is 11.5 Å². The number of benzene rings is 1. The van der Waals surface area contributed by atoms with Crippen molar-refractivity contribution < 1.29 is 39.3 Å². The van der Waals surface area contributed by atoms with Gasteiger partial charge in [-0.1, -0.05) is 12.1 Å². The molecular weight excluding hydrogens is 444 g/mol. The number of carboxylic acids is 3. The molecule has 0 saturated heterocycles. The number of amides is 2. The van der Waals surface area contributed by atoms with Crippen molar-refractivity contribution in [1.82, 2.24) is 10.6 Å². The maximum absolute atomic E-state index is 12.3. The average molecular weight is 471 g/mol. The van der Waals surface area contributed by atoms with E-state index in [2.05, 4.69) is 10.6 Å². The Morgan fingerprint density at radius 2 is 1.53 bits per heavy atom. The van der Waals surface area contributed by atoms with Crippen LogP contribution in [0.1, 0.15) is 18.4 Å². The van der Waals surface area contributed by atoms with Crippen molar-refractivity contribution in [3.63, 3.8) is 0 Å². The van der Waals surface area contributed by atoms with Gasteiger partial charge in [0.05, 0.1) is 0 Å². The van der Waals surface area contributed by atoms with Crippen LogP contribution in [0.5, 0.6) is 0 Å². The molecule has 0 radical (unpaired) electrons. The minimum absolute atomic E-state index is 0.0656. The van der Waals surface area contributed by atoms with Gasteiger partial charge in [-0.25, -0.2) is 0 Å². The van der Waals surface area contributed by atoms with Gasteiger partial charge in [0.1, 0.15) is 24.7 Å². The van der Waals surface area contributed by atoms with Crippen molar-refractivity contribution in [1.29, 1.82) is 0 Å². The summed E-state index contributed by atoms with van der Waals surface area (Å²) in [6, 6.07) is 3.46. The lowest BCUT2D eigenvalue weighted by atomic mass is 10.1. The highest BCUT2D eigenvalue weighted by atomic mass is 32.2. The topological polar surface area (TPSA) is 222 Å². The molecule has 0 spiro atoms. The first kappa shape index (κ1) is 26.9. The van der Waals surface area contributed by atoms with Gasteiger partial charge in [-0.15, -0.1) is 11.8 Å². The fraction of sp³-hybridized carbons (Fsp3) is 0.421. The number of hydrogen-bond donors (Lipinski definition) is 7. The lowest BCUT2D eigenvalue weighted by Gasteiger charge is -2.18. The van der Waals surface area contributed by atoms with Gasteiger partial charge in [-0.2, -0.15) is 0 Å². The van der Waals surface area contributed by atoms with Crippen LogP contribution in [-0.4, -0.2) is 75.5 Å². The number of thioether (sulfide) groups is 1. The Morgan fingerprint density at radius 3 is 2.06 bits per heavy atom. The van der Waals surface area contributed by atoms with Gasteiger partial charge in [0.25, 0.3) is 0 Å². The highest BCUT2D eigenvalue weighted by Gasteiger charge is 2.23. The highest BCUT2D eigenvalue weighted by molar-refractivity contribution is 7.99. The zero-order valence-electron chi connectivity index (χ0n) is 17.0. The van der Waals surface area contributed by atoms with E-state index in [0.29, 0.717) is 5.56 Å². The first-order chi connectivity index (χ1) is 15.0. The SMILES string of the molecule is N[C@@H](CCC(=O)N[C@@H](CSc1ccc(C[C@H](N)C(=O)O)cc1)C(=O)NCC(=O)O)C(=O)O. The Kier molecular flexibility index (Phi) is 11.2. The van der Waals surface area contributed by atoms with Gasteiger partial charge >= 0.3 is 17.9 Å². The molecular formula is C19H26N4O8S. The number of carbonyl (C=O) groups excluding carboxylic acids is 2. The molecule has 32 heavy (non-hydrogen) atoms. The van der Waals surface area contributed by atoms with Gasteiger partial charge in [0, 0.05) is 17.1 Å². The molecule has 0 aromatic heterocycles. The molecule has 176 valence electrons. The van der Waals surface area contributed by atoms with E-state index < -0.39 is 54.4 Å². The minimum Gasteiger partial charge on any atom is -0.480 e. The standard InChI is InChI=1S/C19H26N4O8S/c20-12(18(28)29)5-6-15(24)23-14(17(27)22-8-16(25)26)9-32-11-3-1-10(2-4-11)7-13(21)19(30)31/h1-4,12-14H,5-9,20-21H2,(H,22,27)(H,23,24)(H,25,26)(H,28,29)(H,30,31)/t12-,13-,14-/m0/s1. The number of carboxylic acid groups (broad SMARTS) is 3. The summed E-state index contributed by atoms with van der Waals surface area (Å²) in [4.78, 5) is 57.4. The van der Waals surface area contributed by atoms with E-state index in [1.165, 1.54) is 11.8 Å². The maximum atomic E-state index is 12.3. The summed E-state index contributed by atoms with van der Waals surface area (Å²) in [5, 5.41) is 31.0. The second-order valence-corrected chi connectivity index (χ2v) is 7.91. The summed E-state index contributed by atoms with van der Waals surface area (Å²) in [7, 11) is 0.